The molecule has 1 aliphatic rings. The predicted molar refractivity (Wildman–Crippen MR) is 60.3 cm³/mol. The van der Waals surface area contributed by atoms with Crippen molar-refractivity contribution in [3.63, 3.8) is 0 Å². The highest BCUT2D eigenvalue weighted by atomic mass is 16.5. The van der Waals surface area contributed by atoms with Gasteiger partial charge in [-0.1, -0.05) is 12.7 Å². The summed E-state index contributed by atoms with van der Waals surface area (Å²) in [4.78, 5) is 0. The van der Waals surface area contributed by atoms with E-state index in [1.807, 2.05) is 0 Å². The maximum absolute atomic E-state index is 9.85. The smallest absolute Gasteiger partial charge is 0.191 e. The summed E-state index contributed by atoms with van der Waals surface area (Å²) in [6.07, 6.45) is 4.50. The molecule has 0 radical (unpaired) electrons. The van der Waals surface area contributed by atoms with Crippen LogP contribution < -0.4 is 0 Å². The van der Waals surface area contributed by atoms with Gasteiger partial charge in [-0.3, -0.25) is 0 Å². The normalized spacial score (nSPS) is 18.2. The van der Waals surface area contributed by atoms with Crippen molar-refractivity contribution in [3.05, 3.63) is 23.8 Å². The van der Waals surface area contributed by atoms with Gasteiger partial charge in [-0.15, -0.1) is 0 Å². The monoisotopic (exact) mass is 228 g/mol. The molecule has 4 N–H and O–H groups in total. The second kappa shape index (κ2) is 4.67. The first-order valence-corrected chi connectivity index (χ1v) is 5.51. The van der Waals surface area contributed by atoms with Crippen LogP contribution in [0.5, 0.6) is 0 Å². The first-order valence-electron chi connectivity index (χ1n) is 5.51. The van der Waals surface area contributed by atoms with Gasteiger partial charge in [0.1, 0.15) is 0 Å². The molecule has 0 aromatic heterocycles. The van der Waals surface area contributed by atoms with E-state index in [1.54, 1.807) is 6.08 Å². The molecule has 4 nitrogen and oxygen atoms in total. The molecule has 1 rings (SSSR count). The fourth-order valence-corrected chi connectivity index (χ4v) is 1.81. The predicted octanol–water partition coefficient (Wildman–Crippen LogP) is 0.815. The van der Waals surface area contributed by atoms with E-state index in [0.717, 1.165) is 19.3 Å². The molecule has 0 saturated heterocycles. The van der Waals surface area contributed by atoms with E-state index in [-0.39, 0.29) is 5.57 Å². The number of allylic oxidation sites excluding steroid dienone is 1. The standard InChI is InChI=1S/C12H20O4/c1-9(2)11(13,14)8-12(15,16)10-6-4-3-5-7-10/h6,13-16H,1,3-5,7-8H2,2H3. The Morgan fingerprint density at radius 1 is 1.31 bits per heavy atom. The van der Waals surface area contributed by atoms with Gasteiger partial charge in [0.2, 0.25) is 0 Å². The summed E-state index contributed by atoms with van der Waals surface area (Å²) >= 11 is 0. The molecule has 0 heterocycles. The average Bonchev–Trinajstić information content (AvgIpc) is 2.17. The highest BCUT2D eigenvalue weighted by Gasteiger charge is 2.39. The van der Waals surface area contributed by atoms with Crippen molar-refractivity contribution in [2.45, 2.75) is 50.6 Å². The summed E-state index contributed by atoms with van der Waals surface area (Å²) in [6, 6.07) is 0. The summed E-state index contributed by atoms with van der Waals surface area (Å²) in [5, 5.41) is 38.8. The second-order valence-electron chi connectivity index (χ2n) is 4.57. The molecule has 92 valence electrons. The molecular formula is C12H20O4. The van der Waals surface area contributed by atoms with Crippen LogP contribution in [0.2, 0.25) is 0 Å². The maximum Gasteiger partial charge on any atom is 0.191 e. The third kappa shape index (κ3) is 3.15. The van der Waals surface area contributed by atoms with Gasteiger partial charge in [0.15, 0.2) is 11.6 Å². The minimum Gasteiger partial charge on any atom is -0.362 e. The molecule has 0 amide bonds. The van der Waals surface area contributed by atoms with Crippen LogP contribution in [0.25, 0.3) is 0 Å². The third-order valence-electron chi connectivity index (χ3n) is 2.98. The van der Waals surface area contributed by atoms with Crippen LogP contribution in [-0.2, 0) is 0 Å². The van der Waals surface area contributed by atoms with Crippen LogP contribution in [-0.4, -0.2) is 32.0 Å². The highest BCUT2D eigenvalue weighted by molar-refractivity contribution is 5.17. The number of aliphatic hydroxyl groups is 4. The van der Waals surface area contributed by atoms with Crippen LogP contribution >= 0.6 is 0 Å². The van der Waals surface area contributed by atoms with Crippen LogP contribution in [0.3, 0.4) is 0 Å². The molecule has 0 bridgehead atoms. The van der Waals surface area contributed by atoms with Gasteiger partial charge in [-0.05, 0) is 43.8 Å². The van der Waals surface area contributed by atoms with E-state index in [1.165, 1.54) is 6.92 Å². The lowest BCUT2D eigenvalue weighted by Crippen LogP contribution is -2.43. The molecular weight excluding hydrogens is 208 g/mol. The summed E-state index contributed by atoms with van der Waals surface area (Å²) in [7, 11) is 0. The number of rotatable bonds is 4. The van der Waals surface area contributed by atoms with E-state index in [4.69, 9.17) is 0 Å². The van der Waals surface area contributed by atoms with Gasteiger partial charge >= 0.3 is 0 Å². The zero-order valence-corrected chi connectivity index (χ0v) is 9.61. The molecule has 0 aromatic rings. The summed E-state index contributed by atoms with van der Waals surface area (Å²) in [6.45, 7) is 4.85. The Bertz CT molecular complexity index is 302. The van der Waals surface area contributed by atoms with Crippen molar-refractivity contribution >= 4 is 0 Å². The van der Waals surface area contributed by atoms with Crippen molar-refractivity contribution in [1.29, 1.82) is 0 Å². The summed E-state index contributed by atoms with van der Waals surface area (Å²) < 4.78 is 0. The zero-order valence-electron chi connectivity index (χ0n) is 9.61. The Hall–Kier alpha value is -0.680. The largest absolute Gasteiger partial charge is 0.362 e. The molecule has 0 atom stereocenters. The Labute approximate surface area is 95.5 Å². The fourth-order valence-electron chi connectivity index (χ4n) is 1.81. The first-order chi connectivity index (χ1) is 7.26. The lowest BCUT2D eigenvalue weighted by Gasteiger charge is -2.33. The Kier molecular flexibility index (Phi) is 3.91. The first kappa shape index (κ1) is 13.4. The molecule has 0 unspecified atom stereocenters. The minimum absolute atomic E-state index is 0.0939. The third-order valence-corrected chi connectivity index (χ3v) is 2.98. The molecule has 0 spiro atoms. The zero-order chi connectivity index (χ0) is 12.4. The van der Waals surface area contributed by atoms with Gasteiger partial charge in [0.05, 0.1) is 6.42 Å². The average molecular weight is 228 g/mol. The van der Waals surface area contributed by atoms with Crippen LogP contribution in [0.1, 0.15) is 39.0 Å². The molecule has 1 aliphatic carbocycles. The maximum atomic E-state index is 9.85. The van der Waals surface area contributed by atoms with Gasteiger partial charge in [-0.25, -0.2) is 0 Å². The second-order valence-corrected chi connectivity index (χ2v) is 4.57. The van der Waals surface area contributed by atoms with Crippen molar-refractivity contribution in [2.24, 2.45) is 0 Å². The van der Waals surface area contributed by atoms with Crippen molar-refractivity contribution in [1.82, 2.24) is 0 Å². The molecule has 4 heteroatoms. The minimum atomic E-state index is -2.25. The lowest BCUT2D eigenvalue weighted by atomic mass is 9.87. The van der Waals surface area contributed by atoms with Gasteiger partial charge in [0, 0.05) is 0 Å². The molecule has 0 saturated carbocycles. The topological polar surface area (TPSA) is 80.9 Å². The highest BCUT2D eigenvalue weighted by Crippen LogP contribution is 2.32. The Morgan fingerprint density at radius 3 is 2.38 bits per heavy atom. The van der Waals surface area contributed by atoms with Crippen molar-refractivity contribution in [3.8, 4) is 0 Å². The van der Waals surface area contributed by atoms with Crippen LogP contribution in [0.15, 0.2) is 23.8 Å². The Balaban J connectivity index is 2.78. The van der Waals surface area contributed by atoms with Gasteiger partial charge in [0.25, 0.3) is 0 Å². The molecule has 0 fully saturated rings. The summed E-state index contributed by atoms with van der Waals surface area (Å²) in [5.41, 5.74) is 0.559. The van der Waals surface area contributed by atoms with E-state index in [2.05, 4.69) is 6.58 Å². The van der Waals surface area contributed by atoms with E-state index in [0.29, 0.717) is 12.0 Å². The van der Waals surface area contributed by atoms with E-state index >= 15 is 0 Å². The fraction of sp³-hybridized carbons (Fsp3) is 0.667. The Morgan fingerprint density at radius 2 is 1.94 bits per heavy atom. The van der Waals surface area contributed by atoms with Crippen LogP contribution in [0.4, 0.5) is 0 Å². The quantitative estimate of drug-likeness (QED) is 0.424. The number of hydrogen-bond donors (Lipinski definition) is 4. The SMILES string of the molecule is C=C(C)C(O)(O)CC(O)(O)C1=CCCCC1. The number of hydrogen-bond acceptors (Lipinski definition) is 4. The van der Waals surface area contributed by atoms with E-state index < -0.39 is 18.0 Å². The van der Waals surface area contributed by atoms with Crippen LogP contribution in [0, 0.1) is 0 Å². The van der Waals surface area contributed by atoms with Gasteiger partial charge in [-0.2, -0.15) is 0 Å². The molecule has 0 aromatic carbocycles. The van der Waals surface area contributed by atoms with Gasteiger partial charge < -0.3 is 20.4 Å². The molecule has 16 heavy (non-hydrogen) atoms. The van der Waals surface area contributed by atoms with E-state index in [9.17, 15) is 20.4 Å². The summed E-state index contributed by atoms with van der Waals surface area (Å²) in [5.74, 6) is -4.41. The lowest BCUT2D eigenvalue weighted by molar-refractivity contribution is -0.222. The van der Waals surface area contributed by atoms with Crippen molar-refractivity contribution in [2.75, 3.05) is 0 Å². The van der Waals surface area contributed by atoms with Crippen molar-refractivity contribution < 1.29 is 20.4 Å². The molecule has 0 aliphatic heterocycles.